The lowest BCUT2D eigenvalue weighted by Crippen LogP contribution is -2.22. The SMILES string of the molecule is CC(C)c1ccc([C@H]2CC(=O)Nc3c2sc(C(=O)O)c3-c2ccccc2)cc1. The van der Waals surface area contributed by atoms with Crippen LogP contribution in [0.1, 0.15) is 57.8 Å². The number of hydrogen-bond acceptors (Lipinski definition) is 3. The monoisotopic (exact) mass is 391 g/mol. The average molecular weight is 391 g/mol. The predicted octanol–water partition coefficient (Wildman–Crippen LogP) is 5.71. The standard InChI is InChI=1S/C23H21NO3S/c1-13(2)14-8-10-15(11-9-14)17-12-18(25)24-20-19(16-6-4-3-5-7-16)22(23(26)27)28-21(17)20/h3-11,13,17H,12H2,1-2H3,(H,24,25)(H,26,27)/t17-/m1/s1. The smallest absolute Gasteiger partial charge is 0.346 e. The number of fused-ring (bicyclic) bond motifs is 1. The molecule has 0 radical (unpaired) electrons. The molecule has 2 N–H and O–H groups in total. The normalized spacial score (nSPS) is 16.0. The van der Waals surface area contributed by atoms with Crippen LogP contribution in [0.4, 0.5) is 5.69 Å². The van der Waals surface area contributed by atoms with Crippen molar-refractivity contribution >= 4 is 28.9 Å². The van der Waals surface area contributed by atoms with Gasteiger partial charge in [0.05, 0.1) is 5.69 Å². The maximum absolute atomic E-state index is 12.5. The molecule has 5 heteroatoms. The first-order valence-electron chi connectivity index (χ1n) is 9.30. The molecule has 1 aromatic heterocycles. The largest absolute Gasteiger partial charge is 0.477 e. The van der Waals surface area contributed by atoms with Crippen molar-refractivity contribution in [1.29, 1.82) is 0 Å². The Morgan fingerprint density at radius 2 is 1.79 bits per heavy atom. The van der Waals surface area contributed by atoms with Crippen LogP contribution in [0.2, 0.25) is 0 Å². The maximum atomic E-state index is 12.5. The highest BCUT2D eigenvalue weighted by atomic mass is 32.1. The van der Waals surface area contributed by atoms with Gasteiger partial charge in [-0.15, -0.1) is 11.3 Å². The third-order valence-corrected chi connectivity index (χ3v) is 6.46. The fourth-order valence-electron chi connectivity index (χ4n) is 3.70. The van der Waals surface area contributed by atoms with Gasteiger partial charge in [-0.25, -0.2) is 4.79 Å². The van der Waals surface area contributed by atoms with Crippen molar-refractivity contribution in [2.24, 2.45) is 0 Å². The molecule has 0 saturated heterocycles. The zero-order valence-electron chi connectivity index (χ0n) is 15.7. The minimum Gasteiger partial charge on any atom is -0.477 e. The zero-order valence-corrected chi connectivity index (χ0v) is 16.5. The molecule has 0 bridgehead atoms. The molecule has 3 aromatic rings. The van der Waals surface area contributed by atoms with Gasteiger partial charge >= 0.3 is 5.97 Å². The van der Waals surface area contributed by atoms with Gasteiger partial charge in [0, 0.05) is 22.8 Å². The number of nitrogens with one attached hydrogen (secondary N) is 1. The molecule has 1 aliphatic heterocycles. The first-order valence-corrected chi connectivity index (χ1v) is 10.1. The Balaban J connectivity index is 1.87. The summed E-state index contributed by atoms with van der Waals surface area (Å²) in [5, 5.41) is 12.7. The van der Waals surface area contributed by atoms with E-state index >= 15 is 0 Å². The summed E-state index contributed by atoms with van der Waals surface area (Å²) in [6.07, 6.45) is 0.321. The van der Waals surface area contributed by atoms with Crippen molar-refractivity contribution < 1.29 is 14.7 Å². The molecule has 1 amide bonds. The molecule has 1 atom stereocenters. The van der Waals surface area contributed by atoms with Gasteiger partial charge in [0.2, 0.25) is 5.91 Å². The van der Waals surface area contributed by atoms with Crippen LogP contribution in [0.25, 0.3) is 11.1 Å². The molecule has 28 heavy (non-hydrogen) atoms. The molecule has 2 aromatic carbocycles. The maximum Gasteiger partial charge on any atom is 0.346 e. The predicted molar refractivity (Wildman–Crippen MR) is 112 cm³/mol. The molecule has 0 saturated carbocycles. The lowest BCUT2D eigenvalue weighted by atomic mass is 9.87. The van der Waals surface area contributed by atoms with Crippen molar-refractivity contribution in [3.8, 4) is 11.1 Å². The number of rotatable bonds is 4. The quantitative estimate of drug-likeness (QED) is 0.598. The van der Waals surface area contributed by atoms with Crippen LogP contribution in [-0.2, 0) is 4.79 Å². The third-order valence-electron chi connectivity index (χ3n) is 5.17. The molecule has 0 fully saturated rings. The summed E-state index contributed by atoms with van der Waals surface area (Å²) in [7, 11) is 0. The first-order chi connectivity index (χ1) is 13.5. The summed E-state index contributed by atoms with van der Waals surface area (Å²) < 4.78 is 0. The molecule has 4 rings (SSSR count). The lowest BCUT2D eigenvalue weighted by molar-refractivity contribution is -0.116. The van der Waals surface area contributed by atoms with E-state index < -0.39 is 5.97 Å². The van der Waals surface area contributed by atoms with E-state index in [-0.39, 0.29) is 16.7 Å². The highest BCUT2D eigenvalue weighted by Gasteiger charge is 2.34. The minimum absolute atomic E-state index is 0.0858. The molecule has 4 nitrogen and oxygen atoms in total. The van der Waals surface area contributed by atoms with Crippen LogP contribution in [0.5, 0.6) is 0 Å². The van der Waals surface area contributed by atoms with E-state index in [2.05, 4.69) is 43.4 Å². The van der Waals surface area contributed by atoms with Gasteiger partial charge in [0.1, 0.15) is 4.88 Å². The van der Waals surface area contributed by atoms with Crippen molar-refractivity contribution in [2.45, 2.75) is 32.1 Å². The van der Waals surface area contributed by atoms with Crippen molar-refractivity contribution in [1.82, 2.24) is 0 Å². The molecule has 0 unspecified atom stereocenters. The van der Waals surface area contributed by atoms with E-state index in [0.717, 1.165) is 16.0 Å². The third kappa shape index (κ3) is 3.22. The van der Waals surface area contributed by atoms with Crippen LogP contribution in [-0.4, -0.2) is 17.0 Å². The zero-order chi connectivity index (χ0) is 19.8. The number of anilines is 1. The Kier molecular flexibility index (Phi) is 4.77. The number of carboxylic acids is 1. The highest BCUT2D eigenvalue weighted by molar-refractivity contribution is 7.15. The van der Waals surface area contributed by atoms with E-state index in [1.54, 1.807) is 0 Å². The number of thiophene rings is 1. The number of carboxylic acid groups (broad SMARTS) is 1. The number of benzene rings is 2. The second-order valence-electron chi connectivity index (χ2n) is 7.34. The Hall–Kier alpha value is -2.92. The second-order valence-corrected chi connectivity index (χ2v) is 8.40. The summed E-state index contributed by atoms with van der Waals surface area (Å²) >= 11 is 1.27. The lowest BCUT2D eigenvalue weighted by Gasteiger charge is -2.24. The molecule has 2 heterocycles. The van der Waals surface area contributed by atoms with Crippen molar-refractivity contribution in [3.63, 3.8) is 0 Å². The fraction of sp³-hybridized carbons (Fsp3) is 0.217. The second kappa shape index (κ2) is 7.24. The highest BCUT2D eigenvalue weighted by Crippen LogP contribution is 2.49. The summed E-state index contributed by atoms with van der Waals surface area (Å²) in [4.78, 5) is 25.6. The average Bonchev–Trinajstić information content (AvgIpc) is 3.07. The summed E-state index contributed by atoms with van der Waals surface area (Å²) in [5.41, 5.74) is 4.33. The summed E-state index contributed by atoms with van der Waals surface area (Å²) in [6, 6.07) is 17.7. The topological polar surface area (TPSA) is 66.4 Å². The van der Waals surface area contributed by atoms with Gasteiger partial charge in [-0.1, -0.05) is 68.4 Å². The molecule has 1 aliphatic rings. The van der Waals surface area contributed by atoms with E-state index in [9.17, 15) is 14.7 Å². The van der Waals surface area contributed by atoms with Crippen LogP contribution in [0.3, 0.4) is 0 Å². The number of aromatic carboxylic acids is 1. The molecular weight excluding hydrogens is 370 g/mol. The van der Waals surface area contributed by atoms with Crippen LogP contribution in [0.15, 0.2) is 54.6 Å². The van der Waals surface area contributed by atoms with E-state index in [1.807, 2.05) is 30.3 Å². The van der Waals surface area contributed by atoms with Gasteiger partial charge in [0.15, 0.2) is 0 Å². The van der Waals surface area contributed by atoms with Gasteiger partial charge in [-0.3, -0.25) is 4.79 Å². The van der Waals surface area contributed by atoms with Crippen molar-refractivity contribution in [2.75, 3.05) is 5.32 Å². The Morgan fingerprint density at radius 1 is 1.11 bits per heavy atom. The van der Waals surface area contributed by atoms with E-state index in [0.29, 0.717) is 23.6 Å². The fourth-order valence-corrected chi connectivity index (χ4v) is 4.95. The van der Waals surface area contributed by atoms with Gasteiger partial charge < -0.3 is 10.4 Å². The molecule has 0 spiro atoms. The first kappa shape index (κ1) is 18.4. The van der Waals surface area contributed by atoms with Crippen molar-refractivity contribution in [3.05, 3.63) is 75.5 Å². The number of amides is 1. The van der Waals surface area contributed by atoms with Crippen LogP contribution in [0, 0.1) is 0 Å². The summed E-state index contributed by atoms with van der Waals surface area (Å²) in [6.45, 7) is 4.29. The summed E-state index contributed by atoms with van der Waals surface area (Å²) in [5.74, 6) is -0.756. The number of carbonyl (C=O) groups is 2. The van der Waals surface area contributed by atoms with E-state index in [4.69, 9.17) is 0 Å². The van der Waals surface area contributed by atoms with Gasteiger partial charge in [-0.2, -0.15) is 0 Å². The Morgan fingerprint density at radius 3 is 2.39 bits per heavy atom. The molecular formula is C23H21NO3S. The van der Waals surface area contributed by atoms with Gasteiger partial charge in [-0.05, 0) is 22.6 Å². The number of hydrogen-bond donors (Lipinski definition) is 2. The molecule has 0 aliphatic carbocycles. The minimum atomic E-state index is -0.971. The molecule has 142 valence electrons. The Labute approximate surface area is 167 Å². The van der Waals surface area contributed by atoms with Crippen LogP contribution >= 0.6 is 11.3 Å². The van der Waals surface area contributed by atoms with Crippen LogP contribution < -0.4 is 5.32 Å². The van der Waals surface area contributed by atoms with E-state index in [1.165, 1.54) is 16.9 Å². The van der Waals surface area contributed by atoms with Gasteiger partial charge in [0.25, 0.3) is 0 Å². The number of carbonyl (C=O) groups excluding carboxylic acids is 1. The Bertz CT molecular complexity index is 1040.